The lowest BCUT2D eigenvalue weighted by molar-refractivity contribution is -0.120. The Balaban J connectivity index is 1.95. The van der Waals surface area contributed by atoms with Gasteiger partial charge in [0.2, 0.25) is 5.91 Å². The molecule has 100 valence electrons. The monoisotopic (exact) mass is 258 g/mol. The van der Waals surface area contributed by atoms with Gasteiger partial charge in [0.15, 0.2) is 0 Å². The zero-order valence-corrected chi connectivity index (χ0v) is 11.3. The van der Waals surface area contributed by atoms with Gasteiger partial charge in [0, 0.05) is 24.4 Å². The summed E-state index contributed by atoms with van der Waals surface area (Å²) in [5.74, 6) is 0.336. The third-order valence-corrected chi connectivity index (χ3v) is 4.28. The summed E-state index contributed by atoms with van der Waals surface area (Å²) in [5.41, 5.74) is 2.53. The van der Waals surface area contributed by atoms with E-state index in [0.29, 0.717) is 18.7 Å². The molecule has 1 N–H and O–H groups in total. The number of benzene rings is 1. The summed E-state index contributed by atoms with van der Waals surface area (Å²) in [6.07, 6.45) is 1.57. The van der Waals surface area contributed by atoms with Crippen LogP contribution in [0.3, 0.4) is 0 Å². The maximum atomic E-state index is 12.6. The summed E-state index contributed by atoms with van der Waals surface area (Å²) in [7, 11) is 0. The van der Waals surface area contributed by atoms with Gasteiger partial charge in [0.25, 0.3) is 0 Å². The van der Waals surface area contributed by atoms with Crippen LogP contribution in [0.5, 0.6) is 0 Å². The van der Waals surface area contributed by atoms with Crippen LogP contribution in [-0.4, -0.2) is 23.4 Å². The molecule has 0 bridgehead atoms. The minimum absolute atomic E-state index is 0.133. The molecule has 0 radical (unpaired) electrons. The van der Waals surface area contributed by atoms with E-state index < -0.39 is 0 Å². The Morgan fingerprint density at radius 3 is 2.74 bits per heavy atom. The lowest BCUT2D eigenvalue weighted by Crippen LogP contribution is -2.39. The van der Waals surface area contributed by atoms with Gasteiger partial charge in [-0.1, -0.05) is 37.2 Å². The molecular formula is C15H18N2O2. The van der Waals surface area contributed by atoms with Crippen molar-refractivity contribution in [3.63, 3.8) is 0 Å². The minimum Gasteiger partial charge on any atom is -0.411 e. The molecule has 1 unspecified atom stereocenters. The van der Waals surface area contributed by atoms with Crippen LogP contribution in [0.15, 0.2) is 29.4 Å². The zero-order valence-electron chi connectivity index (χ0n) is 11.3. The highest BCUT2D eigenvalue weighted by atomic mass is 16.4. The second-order valence-electron chi connectivity index (χ2n) is 6.05. The molecule has 0 saturated heterocycles. The van der Waals surface area contributed by atoms with E-state index in [9.17, 15) is 4.79 Å². The molecule has 1 aliphatic carbocycles. The maximum Gasteiger partial charge on any atom is 0.230 e. The normalized spacial score (nSPS) is 26.1. The number of fused-ring (bicyclic) bond motifs is 1. The molecule has 19 heavy (non-hydrogen) atoms. The standard InChI is InChI=1S/C15H18N2O2/c1-15(2)9-11(15)14(18)17-8-7-12(16-19)10-5-3-4-6-13(10)17/h3-6,11,19H,7-9H2,1-2H3/b16-12-. The Labute approximate surface area is 112 Å². The highest BCUT2D eigenvalue weighted by molar-refractivity contribution is 6.11. The van der Waals surface area contributed by atoms with Gasteiger partial charge in [-0.25, -0.2) is 0 Å². The van der Waals surface area contributed by atoms with Crippen molar-refractivity contribution < 1.29 is 10.0 Å². The summed E-state index contributed by atoms with van der Waals surface area (Å²) in [6.45, 7) is 4.86. The van der Waals surface area contributed by atoms with E-state index in [1.54, 1.807) is 0 Å². The van der Waals surface area contributed by atoms with E-state index in [1.165, 1.54) is 0 Å². The number of carbonyl (C=O) groups is 1. The first-order chi connectivity index (χ1) is 9.04. The summed E-state index contributed by atoms with van der Waals surface area (Å²) in [5, 5.41) is 12.4. The topological polar surface area (TPSA) is 52.9 Å². The van der Waals surface area contributed by atoms with Gasteiger partial charge in [-0.15, -0.1) is 0 Å². The van der Waals surface area contributed by atoms with Crippen molar-refractivity contribution in [1.29, 1.82) is 0 Å². The quantitative estimate of drug-likeness (QED) is 0.622. The SMILES string of the molecule is CC1(C)CC1C(=O)N1CC/C(=N/O)c2ccccc21. The average Bonchev–Trinajstić information content (AvgIpc) is 3.05. The lowest BCUT2D eigenvalue weighted by Gasteiger charge is -2.30. The second kappa shape index (κ2) is 4.08. The van der Waals surface area contributed by atoms with Crippen LogP contribution >= 0.6 is 0 Å². The molecule has 0 spiro atoms. The molecule has 1 aliphatic heterocycles. The molecule has 3 rings (SSSR count). The highest BCUT2D eigenvalue weighted by Crippen LogP contribution is 2.53. The lowest BCUT2D eigenvalue weighted by atomic mass is 9.98. The van der Waals surface area contributed by atoms with Crippen LogP contribution < -0.4 is 4.90 Å². The molecule has 0 aromatic heterocycles. The van der Waals surface area contributed by atoms with Crippen LogP contribution in [0.2, 0.25) is 0 Å². The van der Waals surface area contributed by atoms with E-state index in [0.717, 1.165) is 17.7 Å². The Kier molecular flexibility index (Phi) is 2.62. The van der Waals surface area contributed by atoms with Crippen LogP contribution in [0.25, 0.3) is 0 Å². The van der Waals surface area contributed by atoms with Crippen molar-refractivity contribution in [1.82, 2.24) is 0 Å². The molecule has 1 atom stereocenters. The maximum absolute atomic E-state index is 12.6. The van der Waals surface area contributed by atoms with Crippen molar-refractivity contribution in [3.05, 3.63) is 29.8 Å². The third kappa shape index (κ3) is 1.91. The first kappa shape index (κ1) is 12.2. The van der Waals surface area contributed by atoms with Crippen LogP contribution in [-0.2, 0) is 4.79 Å². The predicted octanol–water partition coefficient (Wildman–Crippen LogP) is 2.65. The largest absolute Gasteiger partial charge is 0.411 e. The number of hydrogen-bond donors (Lipinski definition) is 1. The smallest absolute Gasteiger partial charge is 0.230 e. The molecule has 1 aromatic rings. The summed E-state index contributed by atoms with van der Waals surface area (Å²) >= 11 is 0. The summed E-state index contributed by atoms with van der Waals surface area (Å²) < 4.78 is 0. The zero-order chi connectivity index (χ0) is 13.6. The second-order valence-corrected chi connectivity index (χ2v) is 6.05. The number of para-hydroxylation sites is 1. The molecule has 1 amide bonds. The van der Waals surface area contributed by atoms with E-state index in [-0.39, 0.29) is 17.2 Å². The Morgan fingerprint density at radius 1 is 1.42 bits per heavy atom. The minimum atomic E-state index is 0.133. The van der Waals surface area contributed by atoms with Gasteiger partial charge >= 0.3 is 0 Å². The number of anilines is 1. The van der Waals surface area contributed by atoms with E-state index in [2.05, 4.69) is 19.0 Å². The fraction of sp³-hybridized carbons (Fsp3) is 0.467. The van der Waals surface area contributed by atoms with Gasteiger partial charge in [-0.3, -0.25) is 4.79 Å². The molecule has 1 saturated carbocycles. The first-order valence-electron chi connectivity index (χ1n) is 6.66. The Morgan fingerprint density at radius 2 is 2.11 bits per heavy atom. The molecule has 1 aromatic carbocycles. The molecule has 1 fully saturated rings. The number of hydrogen-bond acceptors (Lipinski definition) is 3. The van der Waals surface area contributed by atoms with Crippen molar-refractivity contribution >= 4 is 17.3 Å². The number of oxime groups is 1. The average molecular weight is 258 g/mol. The van der Waals surface area contributed by atoms with Gasteiger partial charge in [-0.05, 0) is 17.9 Å². The van der Waals surface area contributed by atoms with Crippen molar-refractivity contribution in [2.75, 3.05) is 11.4 Å². The Hall–Kier alpha value is -1.84. The number of rotatable bonds is 1. The molecular weight excluding hydrogens is 240 g/mol. The van der Waals surface area contributed by atoms with E-state index in [1.807, 2.05) is 29.2 Å². The van der Waals surface area contributed by atoms with Gasteiger partial charge < -0.3 is 10.1 Å². The van der Waals surface area contributed by atoms with Crippen LogP contribution in [0, 0.1) is 11.3 Å². The van der Waals surface area contributed by atoms with E-state index in [4.69, 9.17) is 5.21 Å². The predicted molar refractivity (Wildman–Crippen MR) is 73.6 cm³/mol. The molecule has 1 heterocycles. The fourth-order valence-electron chi connectivity index (χ4n) is 2.84. The Bertz CT molecular complexity index is 563. The van der Waals surface area contributed by atoms with Gasteiger partial charge in [0.1, 0.15) is 0 Å². The molecule has 2 aliphatic rings. The molecule has 4 heteroatoms. The van der Waals surface area contributed by atoms with Crippen LogP contribution in [0.4, 0.5) is 5.69 Å². The van der Waals surface area contributed by atoms with Crippen molar-refractivity contribution in [3.8, 4) is 0 Å². The first-order valence-corrected chi connectivity index (χ1v) is 6.66. The summed E-state index contributed by atoms with van der Waals surface area (Å²) in [4.78, 5) is 14.4. The fourth-order valence-corrected chi connectivity index (χ4v) is 2.84. The number of carbonyl (C=O) groups excluding carboxylic acids is 1. The highest BCUT2D eigenvalue weighted by Gasteiger charge is 2.52. The summed E-state index contributed by atoms with van der Waals surface area (Å²) in [6, 6.07) is 7.64. The van der Waals surface area contributed by atoms with Crippen molar-refractivity contribution in [2.45, 2.75) is 26.7 Å². The third-order valence-electron chi connectivity index (χ3n) is 4.28. The van der Waals surface area contributed by atoms with Gasteiger partial charge in [-0.2, -0.15) is 0 Å². The van der Waals surface area contributed by atoms with E-state index >= 15 is 0 Å². The van der Waals surface area contributed by atoms with Gasteiger partial charge in [0.05, 0.1) is 11.4 Å². The molecule has 4 nitrogen and oxygen atoms in total. The number of nitrogens with zero attached hydrogens (tertiary/aromatic N) is 2. The van der Waals surface area contributed by atoms with Crippen LogP contribution in [0.1, 0.15) is 32.3 Å². The number of amides is 1. The van der Waals surface area contributed by atoms with Crippen molar-refractivity contribution in [2.24, 2.45) is 16.5 Å².